The number of nitrogens with zero attached hydrogens (tertiary/aromatic N) is 2. The van der Waals surface area contributed by atoms with Crippen molar-refractivity contribution in [2.24, 2.45) is 4.99 Å². The number of ketones is 1. The van der Waals surface area contributed by atoms with E-state index in [9.17, 15) is 19.7 Å². The fourth-order valence-corrected chi connectivity index (χ4v) is 1.47. The summed E-state index contributed by atoms with van der Waals surface area (Å²) in [6.07, 6.45) is 1.12. The summed E-state index contributed by atoms with van der Waals surface area (Å²) >= 11 is 5.27. The second-order valence-electron chi connectivity index (χ2n) is 3.72. The summed E-state index contributed by atoms with van der Waals surface area (Å²) in [7, 11) is 0. The minimum Gasteiger partial charge on any atom is -0.343 e. The number of carbonyl (C=O) groups excluding carboxylic acids is 2. The Kier molecular flexibility index (Phi) is 3.68. The van der Waals surface area contributed by atoms with Crippen molar-refractivity contribution in [1.82, 2.24) is 0 Å². The third-order valence-corrected chi connectivity index (χ3v) is 2.55. The molecule has 0 aromatic heterocycles. The van der Waals surface area contributed by atoms with E-state index in [0.717, 1.165) is 12.1 Å². The number of non-ortho nitro benzene ring substituents is 1. The summed E-state index contributed by atoms with van der Waals surface area (Å²) in [6, 6.07) is 3.28. The summed E-state index contributed by atoms with van der Waals surface area (Å²) in [5, 5.41) is 9.84. The first-order chi connectivity index (χ1) is 8.97. The number of ether oxygens (including phenoxy) is 1. The van der Waals surface area contributed by atoms with Crippen molar-refractivity contribution < 1.29 is 19.2 Å². The van der Waals surface area contributed by atoms with E-state index >= 15 is 0 Å². The highest BCUT2D eigenvalue weighted by Crippen LogP contribution is 2.19. The van der Waals surface area contributed by atoms with E-state index in [1.807, 2.05) is 0 Å². The highest BCUT2D eigenvalue weighted by atomic mass is 35.5. The molecule has 19 heavy (non-hydrogen) atoms. The maximum Gasteiger partial charge on any atom is 0.270 e. The number of Topliss-reactive ketones (excluding diaryl/α,β-unsaturated/α-hetero) is 1. The number of aliphatic imine (C=N–C) groups is 1. The number of nitro benzene ring substituents is 1. The molecule has 0 saturated carbocycles. The maximum absolute atomic E-state index is 11.8. The molecular formula is C11H7ClN2O5. The Morgan fingerprint density at radius 1 is 1.37 bits per heavy atom. The van der Waals surface area contributed by atoms with Crippen molar-refractivity contribution >= 4 is 34.5 Å². The fraction of sp³-hybridized carbons (Fsp3) is 0.182. The van der Waals surface area contributed by atoms with E-state index in [1.165, 1.54) is 12.3 Å². The zero-order chi connectivity index (χ0) is 14.0. The molecular weight excluding hydrogens is 276 g/mol. The first-order valence-electron chi connectivity index (χ1n) is 5.15. The maximum atomic E-state index is 11.8. The molecule has 0 radical (unpaired) electrons. The lowest BCUT2D eigenvalue weighted by molar-refractivity contribution is -0.384. The van der Waals surface area contributed by atoms with E-state index in [1.54, 1.807) is 0 Å². The van der Waals surface area contributed by atoms with E-state index in [0.29, 0.717) is 0 Å². The molecule has 1 atom stereocenters. The first kappa shape index (κ1) is 13.3. The van der Waals surface area contributed by atoms with Crippen molar-refractivity contribution in [2.45, 2.75) is 6.23 Å². The van der Waals surface area contributed by atoms with Crippen LogP contribution in [0.25, 0.3) is 0 Å². The van der Waals surface area contributed by atoms with Crippen LogP contribution in [0.4, 0.5) is 5.69 Å². The zero-order valence-corrected chi connectivity index (χ0v) is 10.2. The molecule has 0 fully saturated rings. The molecule has 0 bridgehead atoms. The smallest absolute Gasteiger partial charge is 0.270 e. The Bertz CT molecular complexity index is 560. The van der Waals surface area contributed by atoms with Gasteiger partial charge in [-0.1, -0.05) is 0 Å². The number of nitro groups is 1. The van der Waals surface area contributed by atoms with Gasteiger partial charge in [-0.05, 0) is 17.7 Å². The van der Waals surface area contributed by atoms with Crippen molar-refractivity contribution in [3.63, 3.8) is 0 Å². The van der Waals surface area contributed by atoms with Crippen LogP contribution in [0.5, 0.6) is 0 Å². The second kappa shape index (κ2) is 5.25. The molecule has 8 heteroatoms. The molecule has 1 aromatic rings. The summed E-state index contributed by atoms with van der Waals surface area (Å²) in [5.41, 5.74) is -0.488. The van der Waals surface area contributed by atoms with Crippen molar-refractivity contribution in [2.75, 3.05) is 6.61 Å². The SMILES string of the molecule is O=C(Cl)c1cc(C(=O)COC2C=N2)cc([N+](=O)[O-])c1. The van der Waals surface area contributed by atoms with Gasteiger partial charge < -0.3 is 4.74 Å². The lowest BCUT2D eigenvalue weighted by Crippen LogP contribution is -2.12. The lowest BCUT2D eigenvalue weighted by atomic mass is 10.1. The standard InChI is InChI=1S/C11H7ClN2O5/c12-11(16)7-1-6(2-8(3-7)14(17)18)9(15)5-19-10-4-13-10/h1-4,10H,5H2. The molecule has 7 nitrogen and oxygen atoms in total. The molecule has 0 N–H and O–H groups in total. The van der Waals surface area contributed by atoms with Crippen LogP contribution in [-0.4, -0.2) is 35.0 Å². The van der Waals surface area contributed by atoms with E-state index in [-0.39, 0.29) is 23.4 Å². The van der Waals surface area contributed by atoms with Crippen LogP contribution >= 0.6 is 11.6 Å². The van der Waals surface area contributed by atoms with Gasteiger partial charge in [0.1, 0.15) is 6.61 Å². The average molecular weight is 283 g/mol. The Labute approximate surface area is 112 Å². The quantitative estimate of drug-likeness (QED) is 0.341. The molecule has 1 aliphatic heterocycles. The van der Waals surface area contributed by atoms with Gasteiger partial charge in [-0.3, -0.25) is 24.7 Å². The summed E-state index contributed by atoms with van der Waals surface area (Å²) in [6.45, 7) is -0.276. The van der Waals surface area contributed by atoms with Crippen molar-refractivity contribution in [3.8, 4) is 0 Å². The number of halogens is 1. The highest BCUT2D eigenvalue weighted by Gasteiger charge is 2.19. The van der Waals surface area contributed by atoms with E-state index in [4.69, 9.17) is 16.3 Å². The van der Waals surface area contributed by atoms with Crippen LogP contribution < -0.4 is 0 Å². The summed E-state index contributed by atoms with van der Waals surface area (Å²) in [5.74, 6) is -0.488. The number of carbonyl (C=O) groups is 2. The predicted molar refractivity (Wildman–Crippen MR) is 65.8 cm³/mol. The molecule has 0 amide bonds. The number of benzene rings is 1. The second-order valence-corrected chi connectivity index (χ2v) is 4.07. The summed E-state index contributed by atoms with van der Waals surface area (Å²) in [4.78, 5) is 36.5. The van der Waals surface area contributed by atoms with Gasteiger partial charge in [0.25, 0.3) is 10.9 Å². The van der Waals surface area contributed by atoms with Gasteiger partial charge in [0.05, 0.1) is 11.1 Å². The van der Waals surface area contributed by atoms with Gasteiger partial charge in [0.2, 0.25) is 0 Å². The molecule has 1 heterocycles. The first-order valence-corrected chi connectivity index (χ1v) is 5.52. The Morgan fingerprint density at radius 3 is 2.53 bits per heavy atom. The van der Waals surface area contributed by atoms with Gasteiger partial charge in [0.15, 0.2) is 12.0 Å². The van der Waals surface area contributed by atoms with Crippen LogP contribution in [0.3, 0.4) is 0 Å². The van der Waals surface area contributed by atoms with Crippen molar-refractivity contribution in [1.29, 1.82) is 0 Å². The van der Waals surface area contributed by atoms with Gasteiger partial charge in [0, 0.05) is 23.3 Å². The van der Waals surface area contributed by atoms with Gasteiger partial charge >= 0.3 is 0 Å². The van der Waals surface area contributed by atoms with Gasteiger partial charge in [-0.25, -0.2) is 0 Å². The molecule has 1 aromatic carbocycles. The topological polar surface area (TPSA) is 98.9 Å². The van der Waals surface area contributed by atoms with Gasteiger partial charge in [-0.2, -0.15) is 0 Å². The van der Waals surface area contributed by atoms with Crippen LogP contribution in [0.2, 0.25) is 0 Å². The molecule has 0 aliphatic carbocycles. The Balaban J connectivity index is 2.24. The number of rotatable bonds is 6. The third-order valence-electron chi connectivity index (χ3n) is 2.33. The van der Waals surface area contributed by atoms with Crippen LogP contribution in [0.15, 0.2) is 23.2 Å². The van der Waals surface area contributed by atoms with Gasteiger partial charge in [-0.15, -0.1) is 0 Å². The number of hydrogen-bond acceptors (Lipinski definition) is 6. The Morgan fingerprint density at radius 2 is 2.00 bits per heavy atom. The average Bonchev–Trinajstić information content (AvgIpc) is 3.19. The van der Waals surface area contributed by atoms with Crippen LogP contribution in [0.1, 0.15) is 20.7 Å². The Hall–Kier alpha value is -2.12. The predicted octanol–water partition coefficient (Wildman–Crippen LogP) is 1.58. The largest absolute Gasteiger partial charge is 0.343 e. The fourth-order valence-electron chi connectivity index (χ4n) is 1.36. The molecule has 1 aliphatic rings. The molecule has 0 saturated heterocycles. The summed E-state index contributed by atoms with van der Waals surface area (Å²) < 4.78 is 5.01. The zero-order valence-electron chi connectivity index (χ0n) is 9.41. The van der Waals surface area contributed by atoms with Crippen LogP contribution in [-0.2, 0) is 4.74 Å². The normalized spacial score (nSPS) is 16.2. The van der Waals surface area contributed by atoms with E-state index in [2.05, 4.69) is 4.99 Å². The molecule has 0 spiro atoms. The van der Waals surface area contributed by atoms with Crippen molar-refractivity contribution in [3.05, 3.63) is 39.4 Å². The molecule has 2 rings (SSSR count). The third kappa shape index (κ3) is 3.43. The molecule has 98 valence electrons. The monoisotopic (exact) mass is 282 g/mol. The highest BCUT2D eigenvalue weighted by molar-refractivity contribution is 6.67. The lowest BCUT2D eigenvalue weighted by Gasteiger charge is -2.03. The minimum absolute atomic E-state index is 0.00106. The van der Waals surface area contributed by atoms with E-state index < -0.39 is 22.2 Å². The number of hydrogen-bond donors (Lipinski definition) is 0. The van der Waals surface area contributed by atoms with Crippen LogP contribution in [0, 0.1) is 10.1 Å². The molecule has 1 unspecified atom stereocenters. The minimum atomic E-state index is -0.871.